The van der Waals surface area contributed by atoms with Gasteiger partial charge in [-0.25, -0.2) is 4.98 Å². The summed E-state index contributed by atoms with van der Waals surface area (Å²) in [5.74, 6) is 0.849. The zero-order chi connectivity index (χ0) is 12.4. The van der Waals surface area contributed by atoms with Crippen molar-refractivity contribution in [2.45, 2.75) is 37.0 Å². The van der Waals surface area contributed by atoms with Crippen LogP contribution < -0.4 is 5.32 Å². The molecular weight excluding hydrogens is 246 g/mol. The van der Waals surface area contributed by atoms with Crippen LogP contribution in [-0.4, -0.2) is 37.1 Å². The van der Waals surface area contributed by atoms with E-state index >= 15 is 0 Å². The van der Waals surface area contributed by atoms with Gasteiger partial charge in [-0.05, 0) is 25.5 Å². The molecule has 2 aromatic rings. The Hall–Kier alpha value is -1.30. The molecule has 0 aromatic carbocycles. The zero-order valence-corrected chi connectivity index (χ0v) is 11.2. The molecule has 96 valence electrons. The molecule has 0 spiro atoms. The normalized spacial score (nSPS) is 24.3. The summed E-state index contributed by atoms with van der Waals surface area (Å²) in [6.07, 6.45) is 12.6. The molecule has 0 radical (unpaired) electrons. The number of hydrogen-bond donors (Lipinski definition) is 1. The van der Waals surface area contributed by atoms with Gasteiger partial charge >= 0.3 is 0 Å². The average Bonchev–Trinajstić information content (AvgIpc) is 2.88. The minimum Gasteiger partial charge on any atom is -0.364 e. The minimum atomic E-state index is 0.506. The number of thioether (sulfide) groups is 1. The van der Waals surface area contributed by atoms with Crippen molar-refractivity contribution in [1.82, 2.24) is 19.6 Å². The van der Waals surface area contributed by atoms with Crippen LogP contribution >= 0.6 is 11.8 Å². The first-order valence-electron chi connectivity index (χ1n) is 6.30. The molecule has 1 saturated carbocycles. The van der Waals surface area contributed by atoms with E-state index < -0.39 is 0 Å². The molecule has 6 heteroatoms. The van der Waals surface area contributed by atoms with E-state index in [0.717, 1.165) is 16.7 Å². The molecular formula is C12H17N5S. The monoisotopic (exact) mass is 263 g/mol. The van der Waals surface area contributed by atoms with Crippen LogP contribution in [0.1, 0.15) is 25.7 Å². The number of nitrogens with one attached hydrogen (secondary N) is 1. The maximum atomic E-state index is 4.38. The predicted octanol–water partition coefficient (Wildman–Crippen LogP) is 2.21. The SMILES string of the molecule is CSC1CCCC(Nc2nccn3cnnc23)C1. The van der Waals surface area contributed by atoms with Gasteiger partial charge in [0.05, 0.1) is 0 Å². The lowest BCUT2D eigenvalue weighted by Gasteiger charge is -2.28. The summed E-state index contributed by atoms with van der Waals surface area (Å²) in [5, 5.41) is 12.3. The Labute approximate surface area is 110 Å². The number of rotatable bonds is 3. The van der Waals surface area contributed by atoms with Crippen molar-refractivity contribution in [3.05, 3.63) is 18.7 Å². The maximum Gasteiger partial charge on any atom is 0.203 e. The lowest BCUT2D eigenvalue weighted by Crippen LogP contribution is -2.29. The predicted molar refractivity (Wildman–Crippen MR) is 74.0 cm³/mol. The molecule has 2 aromatic heterocycles. The van der Waals surface area contributed by atoms with Crippen LogP contribution in [0.15, 0.2) is 18.7 Å². The third kappa shape index (κ3) is 2.29. The van der Waals surface area contributed by atoms with Crippen LogP contribution in [0.4, 0.5) is 5.82 Å². The Morgan fingerprint density at radius 1 is 1.44 bits per heavy atom. The fourth-order valence-electron chi connectivity index (χ4n) is 2.54. The molecule has 1 fully saturated rings. The Balaban J connectivity index is 1.77. The minimum absolute atomic E-state index is 0.506. The first-order valence-corrected chi connectivity index (χ1v) is 7.59. The summed E-state index contributed by atoms with van der Waals surface area (Å²) in [5.41, 5.74) is 0.809. The van der Waals surface area contributed by atoms with E-state index in [1.807, 2.05) is 22.4 Å². The summed E-state index contributed by atoms with van der Waals surface area (Å²) >= 11 is 1.97. The molecule has 2 atom stereocenters. The molecule has 1 aliphatic carbocycles. The van der Waals surface area contributed by atoms with E-state index in [1.165, 1.54) is 25.7 Å². The molecule has 1 N–H and O–H groups in total. The Bertz CT molecular complexity index is 526. The second-order valence-corrected chi connectivity index (χ2v) is 5.84. The van der Waals surface area contributed by atoms with Crippen molar-refractivity contribution in [3.8, 4) is 0 Å². The number of fused-ring (bicyclic) bond motifs is 1. The van der Waals surface area contributed by atoms with Crippen molar-refractivity contribution in [2.75, 3.05) is 11.6 Å². The molecule has 2 unspecified atom stereocenters. The van der Waals surface area contributed by atoms with E-state index in [4.69, 9.17) is 0 Å². The molecule has 0 amide bonds. The Morgan fingerprint density at radius 2 is 2.39 bits per heavy atom. The fraction of sp³-hybridized carbons (Fsp3) is 0.583. The standard InChI is InChI=1S/C12H17N5S/c1-18-10-4-2-3-9(7-10)15-11-12-16-14-8-17(12)6-5-13-11/h5-6,8-10H,2-4,7H2,1H3,(H,13,15). The largest absolute Gasteiger partial charge is 0.364 e. The molecule has 3 rings (SSSR count). The van der Waals surface area contributed by atoms with Crippen molar-refractivity contribution < 1.29 is 0 Å². The smallest absolute Gasteiger partial charge is 0.203 e. The number of anilines is 1. The van der Waals surface area contributed by atoms with Gasteiger partial charge in [0, 0.05) is 23.7 Å². The summed E-state index contributed by atoms with van der Waals surface area (Å²) in [6.45, 7) is 0. The quantitative estimate of drug-likeness (QED) is 0.920. The van der Waals surface area contributed by atoms with Crippen LogP contribution in [0.2, 0.25) is 0 Å². The van der Waals surface area contributed by atoms with Gasteiger partial charge in [-0.2, -0.15) is 11.8 Å². The van der Waals surface area contributed by atoms with E-state index in [-0.39, 0.29) is 0 Å². The Morgan fingerprint density at radius 3 is 3.28 bits per heavy atom. The summed E-state index contributed by atoms with van der Waals surface area (Å²) in [4.78, 5) is 4.38. The van der Waals surface area contributed by atoms with Gasteiger partial charge in [-0.15, -0.1) is 10.2 Å². The summed E-state index contributed by atoms with van der Waals surface area (Å²) < 4.78 is 1.89. The molecule has 5 nitrogen and oxygen atoms in total. The third-order valence-corrected chi connectivity index (χ3v) is 4.61. The third-order valence-electron chi connectivity index (χ3n) is 3.52. The maximum absolute atomic E-state index is 4.38. The van der Waals surface area contributed by atoms with Gasteiger partial charge in [-0.1, -0.05) is 6.42 Å². The first-order chi connectivity index (χ1) is 8.86. The summed E-state index contributed by atoms with van der Waals surface area (Å²) in [7, 11) is 0. The molecule has 0 bridgehead atoms. The van der Waals surface area contributed by atoms with E-state index in [9.17, 15) is 0 Å². The second kappa shape index (κ2) is 5.14. The van der Waals surface area contributed by atoms with E-state index in [1.54, 1.807) is 12.5 Å². The summed E-state index contributed by atoms with van der Waals surface area (Å²) in [6, 6.07) is 0.506. The van der Waals surface area contributed by atoms with Crippen LogP contribution in [0.3, 0.4) is 0 Å². The van der Waals surface area contributed by atoms with Crippen LogP contribution in [0.25, 0.3) is 5.65 Å². The van der Waals surface area contributed by atoms with Gasteiger partial charge in [0.1, 0.15) is 6.33 Å². The van der Waals surface area contributed by atoms with Crippen LogP contribution in [0.5, 0.6) is 0 Å². The molecule has 0 saturated heterocycles. The lowest BCUT2D eigenvalue weighted by atomic mass is 9.95. The number of aromatic nitrogens is 4. The van der Waals surface area contributed by atoms with Crippen LogP contribution in [0, 0.1) is 0 Å². The van der Waals surface area contributed by atoms with E-state index in [0.29, 0.717) is 6.04 Å². The van der Waals surface area contributed by atoms with Crippen molar-refractivity contribution >= 4 is 23.2 Å². The number of hydrogen-bond acceptors (Lipinski definition) is 5. The first kappa shape index (κ1) is 11.8. The second-order valence-electron chi connectivity index (χ2n) is 4.70. The highest BCUT2D eigenvalue weighted by Crippen LogP contribution is 2.28. The van der Waals surface area contributed by atoms with Crippen LogP contribution in [-0.2, 0) is 0 Å². The number of nitrogens with zero attached hydrogens (tertiary/aromatic N) is 4. The average molecular weight is 263 g/mol. The zero-order valence-electron chi connectivity index (χ0n) is 10.4. The van der Waals surface area contributed by atoms with Gasteiger partial charge in [0.2, 0.25) is 5.65 Å². The molecule has 2 heterocycles. The highest BCUT2D eigenvalue weighted by atomic mass is 32.2. The van der Waals surface area contributed by atoms with Gasteiger partial charge in [-0.3, -0.25) is 4.40 Å². The molecule has 1 aliphatic rings. The highest BCUT2D eigenvalue weighted by molar-refractivity contribution is 7.99. The topological polar surface area (TPSA) is 55.1 Å². The molecule has 0 aliphatic heterocycles. The lowest BCUT2D eigenvalue weighted by molar-refractivity contribution is 0.473. The van der Waals surface area contributed by atoms with Crippen molar-refractivity contribution in [3.63, 3.8) is 0 Å². The Kier molecular flexibility index (Phi) is 3.36. The van der Waals surface area contributed by atoms with Gasteiger partial charge < -0.3 is 5.32 Å². The van der Waals surface area contributed by atoms with E-state index in [2.05, 4.69) is 26.8 Å². The van der Waals surface area contributed by atoms with Gasteiger partial charge in [0.15, 0.2) is 5.82 Å². The van der Waals surface area contributed by atoms with Crippen molar-refractivity contribution in [2.24, 2.45) is 0 Å². The van der Waals surface area contributed by atoms with Gasteiger partial charge in [0.25, 0.3) is 0 Å². The fourth-order valence-corrected chi connectivity index (χ4v) is 3.37. The molecule has 18 heavy (non-hydrogen) atoms. The van der Waals surface area contributed by atoms with Crippen molar-refractivity contribution in [1.29, 1.82) is 0 Å². The highest BCUT2D eigenvalue weighted by Gasteiger charge is 2.22.